The van der Waals surface area contributed by atoms with Crippen LogP contribution in [0, 0.1) is 28.8 Å². The van der Waals surface area contributed by atoms with Crippen molar-refractivity contribution in [1.29, 1.82) is 5.26 Å². The van der Waals surface area contributed by atoms with Crippen molar-refractivity contribution in [3.63, 3.8) is 0 Å². The molecule has 4 aromatic rings. The van der Waals surface area contributed by atoms with Crippen molar-refractivity contribution in [2.45, 2.75) is 38.3 Å². The molecule has 44 heavy (non-hydrogen) atoms. The van der Waals surface area contributed by atoms with Gasteiger partial charge in [0.05, 0.1) is 11.4 Å². The summed E-state index contributed by atoms with van der Waals surface area (Å²) in [4.78, 5) is 25.4. The molecule has 5 rings (SSSR count). The van der Waals surface area contributed by atoms with Crippen LogP contribution in [0.5, 0.6) is 11.5 Å². The zero-order valence-electron chi connectivity index (χ0n) is 24.7. The van der Waals surface area contributed by atoms with E-state index < -0.39 is 23.0 Å². The topological polar surface area (TPSA) is 126 Å². The van der Waals surface area contributed by atoms with Gasteiger partial charge in [0.2, 0.25) is 5.82 Å². The molecule has 0 spiro atoms. The van der Waals surface area contributed by atoms with E-state index in [1.807, 2.05) is 32.8 Å². The predicted molar refractivity (Wildman–Crippen MR) is 158 cm³/mol. The molecule has 2 N–H and O–H groups in total. The molecule has 2 aromatic carbocycles. The standard InChI is InChI=1S/C31H31F3N8O2/c1-31(2,40(3)4)14-18(15-35)30(43)41-12-6-7-19(16-41)42-29-25(28(36)37-17-38-29)27(39-42)21-11-10-20(13-23(21)33)44-24-9-5-8-22(32)26(24)34/h5,8-11,13-14,17,19H,6-7,12,16H2,1-4H3,(H2,36,37,38)/t19-/m1/s1. The fraction of sp³-hybridized carbons (Fsp3) is 0.323. The Hall–Kier alpha value is -4.96. The maximum atomic E-state index is 15.5. The molecule has 0 radical (unpaired) electrons. The summed E-state index contributed by atoms with van der Waals surface area (Å²) in [6.07, 6.45) is 4.23. The van der Waals surface area contributed by atoms with Gasteiger partial charge >= 0.3 is 0 Å². The van der Waals surface area contributed by atoms with Crippen LogP contribution < -0.4 is 10.5 Å². The summed E-state index contributed by atoms with van der Waals surface area (Å²) in [5, 5.41) is 14.8. The monoisotopic (exact) mass is 604 g/mol. The molecule has 1 fully saturated rings. The van der Waals surface area contributed by atoms with Gasteiger partial charge in [0, 0.05) is 30.3 Å². The van der Waals surface area contributed by atoms with Crippen molar-refractivity contribution in [1.82, 2.24) is 29.5 Å². The Morgan fingerprint density at radius 2 is 1.95 bits per heavy atom. The number of nitrogens with two attached hydrogens (primary N) is 1. The molecule has 1 aliphatic rings. The maximum Gasteiger partial charge on any atom is 0.264 e. The van der Waals surface area contributed by atoms with Crippen molar-refractivity contribution >= 4 is 22.8 Å². The lowest BCUT2D eigenvalue weighted by molar-refractivity contribution is -0.128. The lowest BCUT2D eigenvalue weighted by Gasteiger charge is -2.34. The molecule has 228 valence electrons. The molecular formula is C31H31F3N8O2. The average Bonchev–Trinajstić information content (AvgIpc) is 3.39. The Bertz CT molecular complexity index is 1810. The number of ether oxygens (including phenoxy) is 1. The molecule has 0 aliphatic carbocycles. The number of nitrogens with zero attached hydrogens (tertiary/aromatic N) is 7. The van der Waals surface area contributed by atoms with Gasteiger partial charge in [-0.25, -0.2) is 23.4 Å². The molecule has 1 saturated heterocycles. The molecular weight excluding hydrogens is 573 g/mol. The van der Waals surface area contributed by atoms with Crippen LogP contribution in [-0.2, 0) is 4.79 Å². The number of nitriles is 1. The minimum atomic E-state index is -1.19. The van der Waals surface area contributed by atoms with Gasteiger partial charge in [-0.3, -0.25) is 4.79 Å². The highest BCUT2D eigenvalue weighted by Crippen LogP contribution is 2.37. The average molecular weight is 605 g/mol. The lowest BCUT2D eigenvalue weighted by Crippen LogP contribution is -2.43. The third kappa shape index (κ3) is 5.80. The number of rotatable bonds is 7. The van der Waals surface area contributed by atoms with Crippen LogP contribution in [0.1, 0.15) is 32.7 Å². The molecule has 0 saturated carbocycles. The fourth-order valence-electron chi connectivity index (χ4n) is 5.01. The van der Waals surface area contributed by atoms with Gasteiger partial charge in [-0.05, 0) is 71.1 Å². The summed E-state index contributed by atoms with van der Waals surface area (Å²) in [5.74, 6) is -3.76. The Morgan fingerprint density at radius 1 is 1.18 bits per heavy atom. The lowest BCUT2D eigenvalue weighted by atomic mass is 9.98. The van der Waals surface area contributed by atoms with E-state index in [0.29, 0.717) is 30.4 Å². The minimum absolute atomic E-state index is 0.0458. The molecule has 1 aliphatic heterocycles. The van der Waals surface area contributed by atoms with Crippen molar-refractivity contribution in [2.24, 2.45) is 0 Å². The highest BCUT2D eigenvalue weighted by atomic mass is 19.2. The Morgan fingerprint density at radius 3 is 2.66 bits per heavy atom. The minimum Gasteiger partial charge on any atom is -0.454 e. The summed E-state index contributed by atoms with van der Waals surface area (Å²) in [5.41, 5.74) is 6.35. The number of piperidine rings is 1. The zero-order chi connectivity index (χ0) is 31.8. The van der Waals surface area contributed by atoms with Crippen LogP contribution in [-0.4, -0.2) is 68.2 Å². The number of likely N-dealkylation sites (N-methyl/N-ethyl adjacent to an activating group) is 1. The van der Waals surface area contributed by atoms with Crippen molar-refractivity contribution in [3.05, 3.63) is 71.8 Å². The Kier molecular flexibility index (Phi) is 8.29. The number of amides is 1. The predicted octanol–water partition coefficient (Wildman–Crippen LogP) is 5.24. The van der Waals surface area contributed by atoms with Crippen molar-refractivity contribution in [2.75, 3.05) is 32.9 Å². The van der Waals surface area contributed by atoms with E-state index in [0.717, 1.165) is 12.1 Å². The van der Waals surface area contributed by atoms with Gasteiger partial charge in [0.1, 0.15) is 41.0 Å². The molecule has 1 atom stereocenters. The first-order valence-corrected chi connectivity index (χ1v) is 13.9. The number of hydrogen-bond acceptors (Lipinski definition) is 8. The van der Waals surface area contributed by atoms with Crippen molar-refractivity contribution < 1.29 is 22.7 Å². The second kappa shape index (κ2) is 12.0. The van der Waals surface area contributed by atoms with Crippen LogP contribution in [0.15, 0.2) is 54.4 Å². The van der Waals surface area contributed by atoms with Crippen LogP contribution in [0.4, 0.5) is 19.0 Å². The van der Waals surface area contributed by atoms with E-state index in [1.165, 1.54) is 30.6 Å². The van der Waals surface area contributed by atoms with E-state index >= 15 is 4.39 Å². The highest BCUT2D eigenvalue weighted by molar-refractivity contribution is 5.99. The quantitative estimate of drug-likeness (QED) is 0.224. The molecule has 0 unspecified atom stereocenters. The highest BCUT2D eigenvalue weighted by Gasteiger charge is 2.31. The number of nitrogen functional groups attached to an aromatic ring is 1. The first-order valence-electron chi connectivity index (χ1n) is 13.9. The SMILES string of the molecule is CN(C)C(C)(C)C=C(C#N)C(=O)N1CCC[C@@H](n2nc(-c3ccc(Oc4cccc(F)c4F)cc3F)c3c(N)ncnc32)C1. The summed E-state index contributed by atoms with van der Waals surface area (Å²) in [7, 11) is 3.74. The van der Waals surface area contributed by atoms with Crippen LogP contribution in [0.25, 0.3) is 22.3 Å². The van der Waals surface area contributed by atoms with Crippen LogP contribution >= 0.6 is 0 Å². The smallest absolute Gasteiger partial charge is 0.264 e. The van der Waals surface area contributed by atoms with Crippen molar-refractivity contribution in [3.8, 4) is 28.8 Å². The molecule has 13 heteroatoms. The summed E-state index contributed by atoms with van der Waals surface area (Å²) < 4.78 is 50.2. The molecule has 1 amide bonds. The number of hydrogen-bond donors (Lipinski definition) is 1. The van der Waals surface area contributed by atoms with Gasteiger partial charge in [0.15, 0.2) is 17.2 Å². The number of likely N-dealkylation sites (tertiary alicyclic amines) is 1. The molecule has 0 bridgehead atoms. The van der Waals surface area contributed by atoms with Gasteiger partial charge in [-0.1, -0.05) is 6.07 Å². The summed E-state index contributed by atoms with van der Waals surface area (Å²) in [6.45, 7) is 4.53. The van der Waals surface area contributed by atoms with E-state index in [4.69, 9.17) is 15.6 Å². The van der Waals surface area contributed by atoms with Gasteiger partial charge in [0.25, 0.3) is 5.91 Å². The number of carbonyl (C=O) groups is 1. The van der Waals surface area contributed by atoms with Gasteiger partial charge in [-0.15, -0.1) is 0 Å². The first kappa shape index (κ1) is 30.5. The largest absolute Gasteiger partial charge is 0.454 e. The number of fused-ring (bicyclic) bond motifs is 1. The summed E-state index contributed by atoms with van der Waals surface area (Å²) >= 11 is 0. The normalized spacial score (nSPS) is 15.9. The Labute approximate surface area is 252 Å². The third-order valence-corrected chi connectivity index (χ3v) is 7.89. The summed E-state index contributed by atoms with van der Waals surface area (Å²) in [6, 6.07) is 9.00. The number of benzene rings is 2. The first-order chi connectivity index (χ1) is 20.9. The Balaban J connectivity index is 1.48. The number of anilines is 1. The van der Waals surface area contributed by atoms with E-state index in [-0.39, 0.29) is 52.6 Å². The van der Waals surface area contributed by atoms with Gasteiger partial charge in [-0.2, -0.15) is 14.8 Å². The van der Waals surface area contributed by atoms with E-state index in [2.05, 4.69) is 16.0 Å². The van der Waals surface area contributed by atoms with E-state index in [1.54, 1.807) is 15.7 Å². The fourth-order valence-corrected chi connectivity index (χ4v) is 5.01. The second-order valence-corrected chi connectivity index (χ2v) is 11.3. The number of halogens is 3. The zero-order valence-corrected chi connectivity index (χ0v) is 24.7. The molecule has 10 nitrogen and oxygen atoms in total. The second-order valence-electron chi connectivity index (χ2n) is 11.3. The maximum absolute atomic E-state index is 15.5. The molecule has 3 heterocycles. The van der Waals surface area contributed by atoms with E-state index in [9.17, 15) is 18.8 Å². The third-order valence-electron chi connectivity index (χ3n) is 7.89. The number of aromatic nitrogens is 4. The van der Waals surface area contributed by atoms with Crippen LogP contribution in [0.3, 0.4) is 0 Å². The van der Waals surface area contributed by atoms with Gasteiger partial charge < -0.3 is 20.3 Å². The number of carbonyl (C=O) groups excluding carboxylic acids is 1. The van der Waals surface area contributed by atoms with Crippen LogP contribution in [0.2, 0.25) is 0 Å². The molecule has 2 aromatic heterocycles.